The first-order valence-corrected chi connectivity index (χ1v) is 7.66. The van der Waals surface area contributed by atoms with Crippen molar-refractivity contribution in [1.29, 1.82) is 0 Å². The highest BCUT2D eigenvalue weighted by atomic mass is 79.9. The topological polar surface area (TPSA) is 57.1 Å². The number of carbonyl (C=O) groups excluding carboxylic acids is 1. The van der Waals surface area contributed by atoms with Crippen LogP contribution in [0.25, 0.3) is 6.08 Å². The molecule has 2 aliphatic heterocycles. The van der Waals surface area contributed by atoms with Gasteiger partial charge in [-0.05, 0) is 42.0 Å². The van der Waals surface area contributed by atoms with E-state index in [1.165, 1.54) is 0 Å². The molecule has 2 aromatic carbocycles. The summed E-state index contributed by atoms with van der Waals surface area (Å²) in [4.78, 5) is 16.3. The monoisotopic (exact) mass is 371 g/mol. The van der Waals surface area contributed by atoms with Gasteiger partial charge >= 0.3 is 5.97 Å². The van der Waals surface area contributed by atoms with Crippen molar-refractivity contribution in [2.24, 2.45) is 4.99 Å². The van der Waals surface area contributed by atoms with Crippen molar-refractivity contribution >= 4 is 33.9 Å². The summed E-state index contributed by atoms with van der Waals surface area (Å²) >= 11 is 3.40. The highest BCUT2D eigenvalue weighted by Crippen LogP contribution is 2.33. The molecule has 0 aliphatic carbocycles. The number of hydrogen-bond acceptors (Lipinski definition) is 5. The van der Waals surface area contributed by atoms with Gasteiger partial charge in [-0.3, -0.25) is 0 Å². The Morgan fingerprint density at radius 1 is 1.09 bits per heavy atom. The average molecular weight is 372 g/mol. The Hall–Kier alpha value is -2.60. The Labute approximate surface area is 140 Å². The van der Waals surface area contributed by atoms with E-state index in [2.05, 4.69) is 20.9 Å². The summed E-state index contributed by atoms with van der Waals surface area (Å²) in [5.74, 6) is 1.07. The molecule has 0 spiro atoms. The number of benzene rings is 2. The van der Waals surface area contributed by atoms with Crippen LogP contribution in [-0.4, -0.2) is 18.7 Å². The van der Waals surface area contributed by atoms with Crippen LogP contribution in [-0.2, 0) is 9.53 Å². The quantitative estimate of drug-likeness (QED) is 0.598. The molecule has 5 nitrogen and oxygen atoms in total. The van der Waals surface area contributed by atoms with Crippen LogP contribution in [0.3, 0.4) is 0 Å². The van der Waals surface area contributed by atoms with Gasteiger partial charge in [-0.1, -0.05) is 28.1 Å². The maximum Gasteiger partial charge on any atom is 0.363 e. The van der Waals surface area contributed by atoms with Crippen LogP contribution in [0.2, 0.25) is 0 Å². The second kappa shape index (κ2) is 5.55. The number of hydrogen-bond donors (Lipinski definition) is 0. The third-order valence-electron chi connectivity index (χ3n) is 3.39. The van der Waals surface area contributed by atoms with Crippen molar-refractivity contribution in [3.05, 3.63) is 63.8 Å². The predicted octanol–water partition coefficient (Wildman–Crippen LogP) is 3.52. The summed E-state index contributed by atoms with van der Waals surface area (Å²) in [6.45, 7) is 0.194. The zero-order valence-corrected chi connectivity index (χ0v) is 13.4. The Morgan fingerprint density at radius 2 is 1.96 bits per heavy atom. The van der Waals surface area contributed by atoms with E-state index in [1.54, 1.807) is 24.3 Å². The molecule has 0 fully saturated rings. The van der Waals surface area contributed by atoms with Gasteiger partial charge < -0.3 is 14.2 Å². The Kier molecular flexibility index (Phi) is 3.38. The van der Waals surface area contributed by atoms with Gasteiger partial charge in [0.25, 0.3) is 0 Å². The molecule has 0 bridgehead atoms. The van der Waals surface area contributed by atoms with Crippen LogP contribution in [0.5, 0.6) is 11.5 Å². The Balaban J connectivity index is 1.67. The van der Waals surface area contributed by atoms with Crippen molar-refractivity contribution < 1.29 is 19.0 Å². The molecule has 0 aromatic heterocycles. The number of rotatable bonds is 2. The van der Waals surface area contributed by atoms with Gasteiger partial charge in [0, 0.05) is 10.0 Å². The van der Waals surface area contributed by atoms with Gasteiger partial charge in [-0.15, -0.1) is 0 Å². The molecular formula is C17H10BrNO4. The number of cyclic esters (lactones) is 1. The molecule has 0 amide bonds. The minimum Gasteiger partial charge on any atom is -0.454 e. The van der Waals surface area contributed by atoms with Crippen molar-refractivity contribution in [2.45, 2.75) is 0 Å². The van der Waals surface area contributed by atoms with Crippen molar-refractivity contribution in [3.8, 4) is 11.5 Å². The molecule has 2 aromatic rings. The van der Waals surface area contributed by atoms with E-state index < -0.39 is 5.97 Å². The molecule has 0 saturated carbocycles. The summed E-state index contributed by atoms with van der Waals surface area (Å²) < 4.78 is 16.8. The first kappa shape index (κ1) is 14.0. The third-order valence-corrected chi connectivity index (χ3v) is 3.89. The normalized spacial score (nSPS) is 17.3. The predicted molar refractivity (Wildman–Crippen MR) is 87.3 cm³/mol. The van der Waals surface area contributed by atoms with Crippen LogP contribution in [0.15, 0.2) is 57.6 Å². The third kappa shape index (κ3) is 2.73. The number of fused-ring (bicyclic) bond motifs is 1. The smallest absolute Gasteiger partial charge is 0.363 e. The second-order valence-electron chi connectivity index (χ2n) is 4.96. The first-order valence-electron chi connectivity index (χ1n) is 6.87. The fraction of sp³-hybridized carbons (Fsp3) is 0.0588. The molecule has 6 heteroatoms. The summed E-state index contributed by atoms with van der Waals surface area (Å²) in [5.41, 5.74) is 1.79. The lowest BCUT2D eigenvalue weighted by atomic mass is 10.2. The molecule has 23 heavy (non-hydrogen) atoms. The summed E-state index contributed by atoms with van der Waals surface area (Å²) in [7, 11) is 0. The minimum absolute atomic E-state index is 0.194. The zero-order chi connectivity index (χ0) is 15.8. The zero-order valence-electron chi connectivity index (χ0n) is 11.8. The lowest BCUT2D eigenvalue weighted by molar-refractivity contribution is -0.129. The number of esters is 1. The maximum absolute atomic E-state index is 12.0. The van der Waals surface area contributed by atoms with E-state index in [1.807, 2.05) is 24.3 Å². The fourth-order valence-electron chi connectivity index (χ4n) is 2.32. The van der Waals surface area contributed by atoms with E-state index in [-0.39, 0.29) is 18.4 Å². The van der Waals surface area contributed by atoms with Gasteiger partial charge in [-0.2, -0.15) is 0 Å². The maximum atomic E-state index is 12.0. The molecule has 114 valence electrons. The van der Waals surface area contributed by atoms with Crippen LogP contribution in [0.4, 0.5) is 0 Å². The number of carbonyl (C=O) groups is 1. The van der Waals surface area contributed by atoms with Gasteiger partial charge in [0.2, 0.25) is 12.7 Å². The molecule has 0 unspecified atom stereocenters. The summed E-state index contributed by atoms with van der Waals surface area (Å²) in [6.07, 6.45) is 1.69. The molecule has 0 radical (unpaired) electrons. The van der Waals surface area contributed by atoms with Crippen molar-refractivity contribution in [1.82, 2.24) is 0 Å². The van der Waals surface area contributed by atoms with E-state index in [9.17, 15) is 4.79 Å². The van der Waals surface area contributed by atoms with Gasteiger partial charge in [-0.25, -0.2) is 9.79 Å². The van der Waals surface area contributed by atoms with Gasteiger partial charge in [0.15, 0.2) is 17.2 Å². The molecule has 2 aliphatic rings. The molecular weight excluding hydrogens is 362 g/mol. The van der Waals surface area contributed by atoms with E-state index in [0.29, 0.717) is 17.1 Å². The van der Waals surface area contributed by atoms with Gasteiger partial charge in [0.05, 0.1) is 0 Å². The molecule has 4 rings (SSSR count). The molecule has 2 heterocycles. The van der Waals surface area contributed by atoms with Crippen LogP contribution in [0.1, 0.15) is 11.1 Å². The number of aliphatic imine (C=N–C) groups is 1. The summed E-state index contributed by atoms with van der Waals surface area (Å²) in [6, 6.07) is 12.9. The highest BCUT2D eigenvalue weighted by Gasteiger charge is 2.25. The SMILES string of the molecule is O=C1OC(c2ccc3c(c2)OCO3)=N/C1=C\c1cccc(Br)c1. The first-order chi connectivity index (χ1) is 11.2. The van der Waals surface area contributed by atoms with E-state index in [4.69, 9.17) is 14.2 Å². The van der Waals surface area contributed by atoms with Crippen molar-refractivity contribution in [3.63, 3.8) is 0 Å². The second-order valence-corrected chi connectivity index (χ2v) is 5.87. The average Bonchev–Trinajstić information content (AvgIpc) is 3.14. The van der Waals surface area contributed by atoms with Crippen molar-refractivity contribution in [2.75, 3.05) is 6.79 Å². The highest BCUT2D eigenvalue weighted by molar-refractivity contribution is 9.10. The Bertz CT molecular complexity index is 873. The molecule has 0 saturated heterocycles. The standard InChI is InChI=1S/C17H10BrNO4/c18-12-3-1-2-10(6-12)7-13-17(20)23-16(19-13)11-4-5-14-15(8-11)22-9-21-14/h1-8H,9H2/b13-7-. The molecule has 0 atom stereocenters. The van der Waals surface area contributed by atoms with Crippen LogP contribution in [0, 0.1) is 0 Å². The summed E-state index contributed by atoms with van der Waals surface area (Å²) in [5, 5.41) is 0. The van der Waals surface area contributed by atoms with Gasteiger partial charge in [0.1, 0.15) is 0 Å². The minimum atomic E-state index is -0.474. The van der Waals surface area contributed by atoms with Crippen LogP contribution < -0.4 is 9.47 Å². The van der Waals surface area contributed by atoms with Crippen LogP contribution >= 0.6 is 15.9 Å². The largest absolute Gasteiger partial charge is 0.454 e. The molecule has 0 N–H and O–H groups in total. The number of halogens is 1. The lowest BCUT2D eigenvalue weighted by Gasteiger charge is -2.01. The fourth-order valence-corrected chi connectivity index (χ4v) is 2.73. The lowest BCUT2D eigenvalue weighted by Crippen LogP contribution is -2.05. The van der Waals surface area contributed by atoms with E-state index >= 15 is 0 Å². The Morgan fingerprint density at radius 3 is 2.83 bits per heavy atom. The number of nitrogens with zero attached hydrogens (tertiary/aromatic N) is 1. The number of ether oxygens (including phenoxy) is 3. The van der Waals surface area contributed by atoms with E-state index in [0.717, 1.165) is 10.0 Å².